The molecule has 3 nitrogen and oxygen atoms in total. The second-order valence-electron chi connectivity index (χ2n) is 2.62. The highest BCUT2D eigenvalue weighted by molar-refractivity contribution is 9.10. The van der Waals surface area contributed by atoms with Crippen LogP contribution in [0.5, 0.6) is 0 Å². The molecule has 0 spiro atoms. The number of rotatable bonds is 1. The normalized spacial score (nSPS) is 10.1. The van der Waals surface area contributed by atoms with Gasteiger partial charge in [0.15, 0.2) is 0 Å². The summed E-state index contributed by atoms with van der Waals surface area (Å²) in [5.74, 6) is -0.378. The molecule has 0 aliphatic heterocycles. The van der Waals surface area contributed by atoms with Crippen molar-refractivity contribution in [1.29, 1.82) is 0 Å². The molecule has 5 heteroatoms. The standard InChI is InChI=1S/C9H5BrFN3/c10-9-2-8(13-5-14-9)6-1-7(11)4-12-3-6/h1-5H. The molecule has 0 atom stereocenters. The number of hydrogen-bond donors (Lipinski definition) is 0. The van der Waals surface area contributed by atoms with E-state index in [4.69, 9.17) is 0 Å². The Morgan fingerprint density at radius 3 is 2.71 bits per heavy atom. The monoisotopic (exact) mass is 253 g/mol. The Morgan fingerprint density at radius 1 is 1.14 bits per heavy atom. The zero-order valence-corrected chi connectivity index (χ0v) is 8.57. The van der Waals surface area contributed by atoms with Gasteiger partial charge in [-0.25, -0.2) is 14.4 Å². The molecule has 0 bridgehead atoms. The van der Waals surface area contributed by atoms with Gasteiger partial charge in [0.2, 0.25) is 0 Å². The smallest absolute Gasteiger partial charge is 0.142 e. The largest absolute Gasteiger partial charge is 0.261 e. The summed E-state index contributed by atoms with van der Waals surface area (Å²) in [6.45, 7) is 0. The van der Waals surface area contributed by atoms with Gasteiger partial charge in [-0.3, -0.25) is 4.98 Å². The molecule has 0 aromatic carbocycles. The van der Waals surface area contributed by atoms with Crippen molar-refractivity contribution in [2.45, 2.75) is 0 Å². The molecule has 0 saturated carbocycles. The molecule has 0 fully saturated rings. The average Bonchev–Trinajstić information content (AvgIpc) is 2.18. The summed E-state index contributed by atoms with van der Waals surface area (Å²) in [6, 6.07) is 3.08. The first-order valence-corrected chi connectivity index (χ1v) is 4.63. The Labute approximate surface area is 88.2 Å². The Kier molecular flexibility index (Phi) is 2.49. The van der Waals surface area contributed by atoms with E-state index in [9.17, 15) is 4.39 Å². The van der Waals surface area contributed by atoms with Crippen LogP contribution in [0.1, 0.15) is 0 Å². The van der Waals surface area contributed by atoms with Gasteiger partial charge in [-0.05, 0) is 28.1 Å². The van der Waals surface area contributed by atoms with Crippen LogP contribution in [-0.4, -0.2) is 15.0 Å². The number of aromatic nitrogens is 3. The topological polar surface area (TPSA) is 38.7 Å². The zero-order valence-electron chi connectivity index (χ0n) is 6.98. The lowest BCUT2D eigenvalue weighted by Crippen LogP contribution is -1.87. The lowest BCUT2D eigenvalue weighted by molar-refractivity contribution is 0.622. The van der Waals surface area contributed by atoms with Crippen LogP contribution in [0.15, 0.2) is 35.5 Å². The zero-order chi connectivity index (χ0) is 9.97. The van der Waals surface area contributed by atoms with Crippen molar-refractivity contribution in [3.05, 3.63) is 41.3 Å². The van der Waals surface area contributed by atoms with E-state index in [1.54, 1.807) is 12.3 Å². The molecule has 2 aromatic heterocycles. The molecular weight excluding hydrogens is 249 g/mol. The maximum Gasteiger partial charge on any atom is 0.142 e. The fourth-order valence-corrected chi connectivity index (χ4v) is 1.35. The minimum Gasteiger partial charge on any atom is -0.261 e. The van der Waals surface area contributed by atoms with Crippen molar-refractivity contribution >= 4 is 15.9 Å². The van der Waals surface area contributed by atoms with Crippen molar-refractivity contribution in [2.24, 2.45) is 0 Å². The van der Waals surface area contributed by atoms with Crippen LogP contribution in [0.3, 0.4) is 0 Å². The summed E-state index contributed by atoms with van der Waals surface area (Å²) in [4.78, 5) is 11.6. The molecule has 0 radical (unpaired) electrons. The summed E-state index contributed by atoms with van der Waals surface area (Å²) >= 11 is 3.21. The van der Waals surface area contributed by atoms with Crippen LogP contribution in [-0.2, 0) is 0 Å². The first-order chi connectivity index (χ1) is 6.75. The third kappa shape index (κ3) is 1.93. The summed E-state index contributed by atoms with van der Waals surface area (Å²) < 4.78 is 13.5. The SMILES string of the molecule is Fc1cncc(-c2cc(Br)ncn2)c1. The van der Waals surface area contributed by atoms with Gasteiger partial charge in [-0.1, -0.05) is 0 Å². The minimum absolute atomic E-state index is 0.378. The van der Waals surface area contributed by atoms with E-state index in [-0.39, 0.29) is 5.82 Å². The van der Waals surface area contributed by atoms with Crippen LogP contribution < -0.4 is 0 Å². The summed E-state index contributed by atoms with van der Waals surface area (Å²) in [6.07, 6.45) is 4.11. The van der Waals surface area contributed by atoms with Crippen molar-refractivity contribution in [3.8, 4) is 11.3 Å². The molecule has 0 amide bonds. The predicted octanol–water partition coefficient (Wildman–Crippen LogP) is 2.44. The highest BCUT2D eigenvalue weighted by Crippen LogP contribution is 2.18. The Bertz CT molecular complexity index is 418. The maximum atomic E-state index is 12.8. The van der Waals surface area contributed by atoms with Crippen LogP contribution in [0.4, 0.5) is 4.39 Å². The number of pyridine rings is 1. The van der Waals surface area contributed by atoms with Gasteiger partial charge in [0.05, 0.1) is 11.9 Å². The van der Waals surface area contributed by atoms with Gasteiger partial charge in [-0.2, -0.15) is 0 Å². The Hall–Kier alpha value is -1.36. The number of hydrogen-bond acceptors (Lipinski definition) is 3. The van der Waals surface area contributed by atoms with Gasteiger partial charge in [0.1, 0.15) is 16.7 Å². The quantitative estimate of drug-likeness (QED) is 0.733. The van der Waals surface area contributed by atoms with Crippen LogP contribution >= 0.6 is 15.9 Å². The fourth-order valence-electron chi connectivity index (χ4n) is 1.04. The van der Waals surface area contributed by atoms with Crippen LogP contribution in [0, 0.1) is 5.82 Å². The lowest BCUT2D eigenvalue weighted by atomic mass is 10.2. The molecule has 0 aliphatic rings. The average molecular weight is 254 g/mol. The number of halogens is 2. The first-order valence-electron chi connectivity index (χ1n) is 3.84. The molecular formula is C9H5BrFN3. The summed E-state index contributed by atoms with van der Waals surface area (Å²) in [5, 5.41) is 0. The first kappa shape index (κ1) is 9.21. The van der Waals surface area contributed by atoms with E-state index in [0.717, 1.165) is 6.20 Å². The Balaban J connectivity index is 2.49. The van der Waals surface area contributed by atoms with E-state index in [1.165, 1.54) is 12.4 Å². The van der Waals surface area contributed by atoms with E-state index < -0.39 is 0 Å². The van der Waals surface area contributed by atoms with Crippen LogP contribution in [0.2, 0.25) is 0 Å². The van der Waals surface area contributed by atoms with E-state index in [2.05, 4.69) is 30.9 Å². The maximum absolute atomic E-state index is 12.8. The van der Waals surface area contributed by atoms with Crippen LogP contribution in [0.25, 0.3) is 11.3 Å². The van der Waals surface area contributed by atoms with Crippen molar-refractivity contribution in [1.82, 2.24) is 15.0 Å². The number of nitrogens with zero attached hydrogens (tertiary/aromatic N) is 3. The highest BCUT2D eigenvalue weighted by Gasteiger charge is 2.01. The molecule has 2 rings (SSSR count). The summed E-state index contributed by atoms with van der Waals surface area (Å²) in [7, 11) is 0. The van der Waals surface area contributed by atoms with Crippen molar-refractivity contribution in [2.75, 3.05) is 0 Å². The fraction of sp³-hybridized carbons (Fsp3) is 0. The third-order valence-corrected chi connectivity index (χ3v) is 2.07. The van der Waals surface area contributed by atoms with E-state index in [1.807, 2.05) is 0 Å². The second kappa shape index (κ2) is 3.79. The van der Waals surface area contributed by atoms with Crippen molar-refractivity contribution < 1.29 is 4.39 Å². The van der Waals surface area contributed by atoms with Gasteiger partial charge in [-0.15, -0.1) is 0 Å². The van der Waals surface area contributed by atoms with Gasteiger partial charge in [0, 0.05) is 11.8 Å². The van der Waals surface area contributed by atoms with Gasteiger partial charge >= 0.3 is 0 Å². The van der Waals surface area contributed by atoms with Gasteiger partial charge in [0.25, 0.3) is 0 Å². The molecule has 2 heterocycles. The molecule has 0 aliphatic carbocycles. The molecule has 0 unspecified atom stereocenters. The summed E-state index contributed by atoms with van der Waals surface area (Å²) in [5.41, 5.74) is 1.27. The Morgan fingerprint density at radius 2 is 2.00 bits per heavy atom. The molecule has 14 heavy (non-hydrogen) atoms. The molecule has 70 valence electrons. The minimum atomic E-state index is -0.378. The van der Waals surface area contributed by atoms with Gasteiger partial charge < -0.3 is 0 Å². The highest BCUT2D eigenvalue weighted by atomic mass is 79.9. The lowest BCUT2D eigenvalue weighted by Gasteiger charge is -1.99. The molecule has 2 aromatic rings. The molecule has 0 saturated heterocycles. The second-order valence-corrected chi connectivity index (χ2v) is 3.43. The predicted molar refractivity (Wildman–Crippen MR) is 52.9 cm³/mol. The van der Waals surface area contributed by atoms with Crippen molar-refractivity contribution in [3.63, 3.8) is 0 Å². The van der Waals surface area contributed by atoms with E-state index >= 15 is 0 Å². The third-order valence-electron chi connectivity index (χ3n) is 1.63. The molecule has 0 N–H and O–H groups in total. The van der Waals surface area contributed by atoms with E-state index in [0.29, 0.717) is 15.9 Å².